The number of phenolic OH excluding ortho intramolecular Hbond substituents is 1. The number of aromatic nitrogens is 3. The standard InChI is InChI=1S/C20H16N4O2/c1-26-13-6-4-12(5-7-13)16-11-17(24-20(21)23-16)14-8-9-18(25)19-15(14)3-2-10-22-19/h2-11,25H,1H3,(H2,21,23,24). The number of aromatic hydroxyl groups is 1. The summed E-state index contributed by atoms with van der Waals surface area (Å²) in [7, 11) is 1.62. The van der Waals surface area contributed by atoms with Crippen molar-refractivity contribution >= 4 is 16.9 Å². The van der Waals surface area contributed by atoms with Gasteiger partial charge in [0.2, 0.25) is 5.95 Å². The first-order valence-corrected chi connectivity index (χ1v) is 8.02. The Kier molecular flexibility index (Phi) is 3.85. The molecule has 2 aromatic carbocycles. The van der Waals surface area contributed by atoms with Gasteiger partial charge in [-0.05, 0) is 48.5 Å². The summed E-state index contributed by atoms with van der Waals surface area (Å²) >= 11 is 0. The SMILES string of the molecule is COc1ccc(-c2cc(-c3ccc(O)c4ncccc34)nc(N)n2)cc1. The van der Waals surface area contributed by atoms with Gasteiger partial charge in [-0.3, -0.25) is 4.98 Å². The molecule has 0 fully saturated rings. The fourth-order valence-electron chi connectivity index (χ4n) is 2.89. The van der Waals surface area contributed by atoms with E-state index in [9.17, 15) is 5.11 Å². The summed E-state index contributed by atoms with van der Waals surface area (Å²) in [6.07, 6.45) is 1.64. The topological polar surface area (TPSA) is 94.2 Å². The average molecular weight is 344 g/mol. The molecule has 0 amide bonds. The Hall–Kier alpha value is -3.67. The minimum Gasteiger partial charge on any atom is -0.506 e. The zero-order chi connectivity index (χ0) is 18.1. The van der Waals surface area contributed by atoms with Gasteiger partial charge < -0.3 is 15.6 Å². The van der Waals surface area contributed by atoms with Crippen LogP contribution in [0.1, 0.15) is 0 Å². The molecule has 0 radical (unpaired) electrons. The fraction of sp³-hybridized carbons (Fsp3) is 0.0500. The molecule has 6 heteroatoms. The highest BCUT2D eigenvalue weighted by atomic mass is 16.5. The van der Waals surface area contributed by atoms with Crippen LogP contribution in [0.25, 0.3) is 33.4 Å². The molecule has 2 heterocycles. The third kappa shape index (κ3) is 2.77. The van der Waals surface area contributed by atoms with Gasteiger partial charge >= 0.3 is 0 Å². The molecule has 2 aromatic heterocycles. The van der Waals surface area contributed by atoms with E-state index in [1.165, 1.54) is 0 Å². The van der Waals surface area contributed by atoms with Crippen molar-refractivity contribution in [3.63, 3.8) is 0 Å². The van der Waals surface area contributed by atoms with Crippen LogP contribution in [0.3, 0.4) is 0 Å². The number of hydrogen-bond acceptors (Lipinski definition) is 6. The normalized spacial score (nSPS) is 10.8. The minimum absolute atomic E-state index is 0.127. The van der Waals surface area contributed by atoms with Crippen molar-refractivity contribution < 1.29 is 9.84 Å². The molecule has 0 aliphatic heterocycles. The number of rotatable bonds is 3. The van der Waals surface area contributed by atoms with E-state index in [0.717, 1.165) is 22.3 Å². The van der Waals surface area contributed by atoms with Crippen LogP contribution in [-0.4, -0.2) is 27.2 Å². The van der Waals surface area contributed by atoms with Crippen molar-refractivity contribution in [2.75, 3.05) is 12.8 Å². The van der Waals surface area contributed by atoms with Crippen molar-refractivity contribution in [3.8, 4) is 34.0 Å². The van der Waals surface area contributed by atoms with Gasteiger partial charge in [0.05, 0.1) is 18.5 Å². The van der Waals surface area contributed by atoms with Crippen molar-refractivity contribution in [1.82, 2.24) is 15.0 Å². The first-order valence-electron chi connectivity index (χ1n) is 8.02. The number of phenols is 1. The second kappa shape index (κ2) is 6.33. The summed E-state index contributed by atoms with van der Waals surface area (Å²) in [5.74, 6) is 1.08. The van der Waals surface area contributed by atoms with E-state index in [4.69, 9.17) is 10.5 Å². The van der Waals surface area contributed by atoms with E-state index in [1.54, 1.807) is 25.4 Å². The number of ether oxygens (including phenoxy) is 1. The number of hydrogen-bond donors (Lipinski definition) is 2. The van der Waals surface area contributed by atoms with Crippen molar-refractivity contribution in [2.24, 2.45) is 0 Å². The lowest BCUT2D eigenvalue weighted by Gasteiger charge is -2.10. The van der Waals surface area contributed by atoms with Gasteiger partial charge in [0, 0.05) is 22.7 Å². The molecule has 0 unspecified atom stereocenters. The Bertz CT molecular complexity index is 1090. The molecule has 26 heavy (non-hydrogen) atoms. The maximum absolute atomic E-state index is 10.0. The van der Waals surface area contributed by atoms with Gasteiger partial charge in [-0.25, -0.2) is 9.97 Å². The molecular weight excluding hydrogens is 328 g/mol. The van der Waals surface area contributed by atoms with Crippen LogP contribution in [0.5, 0.6) is 11.5 Å². The van der Waals surface area contributed by atoms with Crippen LogP contribution in [-0.2, 0) is 0 Å². The van der Waals surface area contributed by atoms with Crippen LogP contribution < -0.4 is 10.5 Å². The fourth-order valence-corrected chi connectivity index (χ4v) is 2.89. The number of fused-ring (bicyclic) bond motifs is 1. The molecule has 128 valence electrons. The molecule has 4 rings (SSSR count). The summed E-state index contributed by atoms with van der Waals surface area (Å²) in [4.78, 5) is 13.0. The first kappa shape index (κ1) is 15.8. The highest BCUT2D eigenvalue weighted by Crippen LogP contribution is 2.33. The summed E-state index contributed by atoms with van der Waals surface area (Å²) in [6.45, 7) is 0. The third-order valence-corrected chi connectivity index (χ3v) is 4.15. The maximum Gasteiger partial charge on any atom is 0.221 e. The maximum atomic E-state index is 10.0. The number of methoxy groups -OCH3 is 1. The summed E-state index contributed by atoms with van der Waals surface area (Å²) in [6, 6.07) is 16.6. The molecule has 0 aliphatic rings. The second-order valence-corrected chi connectivity index (χ2v) is 5.76. The van der Waals surface area contributed by atoms with E-state index < -0.39 is 0 Å². The Morgan fingerprint density at radius 2 is 1.73 bits per heavy atom. The molecule has 0 bridgehead atoms. The lowest BCUT2D eigenvalue weighted by Crippen LogP contribution is -1.99. The van der Waals surface area contributed by atoms with Crippen LogP contribution in [0.15, 0.2) is 60.8 Å². The van der Waals surface area contributed by atoms with Gasteiger partial charge in [-0.1, -0.05) is 6.07 Å². The zero-order valence-corrected chi connectivity index (χ0v) is 14.0. The lowest BCUT2D eigenvalue weighted by molar-refractivity contribution is 0.415. The number of pyridine rings is 1. The highest BCUT2D eigenvalue weighted by molar-refractivity contribution is 5.97. The van der Waals surface area contributed by atoms with Gasteiger partial charge in [-0.2, -0.15) is 0 Å². The van der Waals surface area contributed by atoms with Crippen molar-refractivity contribution in [1.29, 1.82) is 0 Å². The number of benzene rings is 2. The Morgan fingerprint density at radius 3 is 2.50 bits per heavy atom. The first-order chi connectivity index (χ1) is 12.7. The molecule has 4 aromatic rings. The summed E-state index contributed by atoms with van der Waals surface area (Å²) in [5, 5.41) is 10.8. The Labute approximate surface area is 149 Å². The predicted octanol–water partition coefficient (Wildman–Crippen LogP) is 3.66. The molecule has 6 nitrogen and oxygen atoms in total. The lowest BCUT2D eigenvalue weighted by atomic mass is 10.0. The van der Waals surface area contributed by atoms with Gasteiger partial charge in [0.25, 0.3) is 0 Å². The van der Waals surface area contributed by atoms with E-state index in [1.807, 2.05) is 42.5 Å². The summed E-state index contributed by atoms with van der Waals surface area (Å²) in [5.41, 5.74) is 9.58. The largest absolute Gasteiger partial charge is 0.506 e. The third-order valence-electron chi connectivity index (χ3n) is 4.15. The number of nitrogen functional groups attached to an aromatic ring is 1. The molecular formula is C20H16N4O2. The summed E-state index contributed by atoms with van der Waals surface area (Å²) < 4.78 is 5.19. The number of nitrogens with zero attached hydrogens (tertiary/aromatic N) is 3. The number of nitrogens with two attached hydrogens (primary N) is 1. The quantitative estimate of drug-likeness (QED) is 0.589. The smallest absolute Gasteiger partial charge is 0.221 e. The van der Waals surface area contributed by atoms with E-state index in [-0.39, 0.29) is 11.7 Å². The predicted molar refractivity (Wildman–Crippen MR) is 101 cm³/mol. The number of anilines is 1. The average Bonchev–Trinajstić information content (AvgIpc) is 2.68. The van der Waals surface area contributed by atoms with E-state index in [2.05, 4.69) is 15.0 Å². The van der Waals surface area contributed by atoms with Crippen LogP contribution in [0, 0.1) is 0 Å². The monoisotopic (exact) mass is 344 g/mol. The van der Waals surface area contributed by atoms with Crippen molar-refractivity contribution in [3.05, 3.63) is 60.8 Å². The Balaban J connectivity index is 1.88. The second-order valence-electron chi connectivity index (χ2n) is 5.76. The van der Waals surface area contributed by atoms with Crippen molar-refractivity contribution in [2.45, 2.75) is 0 Å². The molecule has 0 saturated heterocycles. The molecule has 0 saturated carbocycles. The molecule has 0 atom stereocenters. The van der Waals surface area contributed by atoms with E-state index >= 15 is 0 Å². The molecule has 0 aliphatic carbocycles. The molecule has 0 spiro atoms. The van der Waals surface area contributed by atoms with Crippen LogP contribution in [0.4, 0.5) is 5.95 Å². The minimum atomic E-state index is 0.127. The highest BCUT2D eigenvalue weighted by Gasteiger charge is 2.12. The van der Waals surface area contributed by atoms with Gasteiger partial charge in [-0.15, -0.1) is 0 Å². The van der Waals surface area contributed by atoms with Crippen LogP contribution >= 0.6 is 0 Å². The zero-order valence-electron chi connectivity index (χ0n) is 14.0. The van der Waals surface area contributed by atoms with Gasteiger partial charge in [0.1, 0.15) is 17.0 Å². The van der Waals surface area contributed by atoms with Crippen LogP contribution in [0.2, 0.25) is 0 Å². The molecule has 3 N–H and O–H groups in total. The van der Waals surface area contributed by atoms with E-state index in [0.29, 0.717) is 16.9 Å². The van der Waals surface area contributed by atoms with Gasteiger partial charge in [0.15, 0.2) is 0 Å². The Morgan fingerprint density at radius 1 is 0.962 bits per heavy atom.